The van der Waals surface area contributed by atoms with Crippen LogP contribution in [0.2, 0.25) is 0 Å². The lowest BCUT2D eigenvalue weighted by atomic mass is 10.0. The third-order valence-corrected chi connectivity index (χ3v) is 3.36. The van der Waals surface area contributed by atoms with Gasteiger partial charge in [0.2, 0.25) is 5.91 Å². The average Bonchev–Trinajstić information content (AvgIpc) is 2.51. The number of hydrogen-bond acceptors (Lipinski definition) is 4. The van der Waals surface area contributed by atoms with Crippen molar-refractivity contribution in [2.24, 2.45) is 5.92 Å². The van der Waals surface area contributed by atoms with Crippen LogP contribution in [0.3, 0.4) is 0 Å². The van der Waals surface area contributed by atoms with E-state index in [1.807, 2.05) is 13.8 Å². The van der Waals surface area contributed by atoms with Crippen molar-refractivity contribution in [1.29, 1.82) is 5.26 Å². The van der Waals surface area contributed by atoms with Crippen molar-refractivity contribution in [3.05, 3.63) is 35.6 Å². The first-order valence-corrected chi connectivity index (χ1v) is 7.37. The van der Waals surface area contributed by atoms with Crippen molar-refractivity contribution in [3.63, 3.8) is 0 Å². The fraction of sp³-hybridized carbons (Fsp3) is 0.471. The molecule has 0 aromatic heterocycles. The summed E-state index contributed by atoms with van der Waals surface area (Å²) < 4.78 is 17.8. The van der Waals surface area contributed by atoms with E-state index in [2.05, 4.69) is 0 Å². The summed E-state index contributed by atoms with van der Waals surface area (Å²) in [5, 5.41) is 8.78. The zero-order valence-corrected chi connectivity index (χ0v) is 13.6. The summed E-state index contributed by atoms with van der Waals surface area (Å²) in [5.74, 6) is -1.19. The molecule has 0 aliphatic rings. The minimum absolute atomic E-state index is 0.118. The zero-order valence-electron chi connectivity index (χ0n) is 13.6. The van der Waals surface area contributed by atoms with E-state index in [-0.39, 0.29) is 24.7 Å². The van der Waals surface area contributed by atoms with Crippen LogP contribution < -0.4 is 0 Å². The number of halogens is 1. The quantitative estimate of drug-likeness (QED) is 0.724. The maximum Gasteiger partial charge on any atom is 0.328 e. The van der Waals surface area contributed by atoms with E-state index < -0.39 is 17.9 Å². The van der Waals surface area contributed by atoms with Crippen molar-refractivity contribution in [2.45, 2.75) is 39.3 Å². The monoisotopic (exact) mass is 320 g/mol. The van der Waals surface area contributed by atoms with Crippen LogP contribution in [0.15, 0.2) is 24.3 Å². The van der Waals surface area contributed by atoms with E-state index >= 15 is 0 Å². The molecule has 1 atom stereocenters. The summed E-state index contributed by atoms with van der Waals surface area (Å²) in [6.07, 6.45) is 0.0951. The van der Waals surface area contributed by atoms with E-state index in [1.54, 1.807) is 18.2 Å². The van der Waals surface area contributed by atoms with Crippen LogP contribution in [0.1, 0.15) is 32.3 Å². The molecule has 0 spiro atoms. The molecule has 0 bridgehead atoms. The summed E-state index contributed by atoms with van der Waals surface area (Å²) >= 11 is 0. The molecular formula is C17H21FN2O3. The van der Waals surface area contributed by atoms with E-state index in [9.17, 15) is 14.0 Å². The summed E-state index contributed by atoms with van der Waals surface area (Å²) in [6.45, 7) is 3.98. The van der Waals surface area contributed by atoms with E-state index in [0.29, 0.717) is 12.0 Å². The van der Waals surface area contributed by atoms with Gasteiger partial charge in [0.05, 0.1) is 13.2 Å². The third-order valence-electron chi connectivity index (χ3n) is 3.36. The van der Waals surface area contributed by atoms with Crippen molar-refractivity contribution >= 4 is 11.9 Å². The smallest absolute Gasteiger partial charge is 0.328 e. The van der Waals surface area contributed by atoms with Gasteiger partial charge in [0.25, 0.3) is 0 Å². The van der Waals surface area contributed by atoms with Crippen molar-refractivity contribution < 1.29 is 18.7 Å². The standard InChI is InChI=1S/C17H21FN2O3/c1-12(2)10-15(17(22)23-3)20(16(21)8-9-19)11-13-4-6-14(18)7-5-13/h4-7,12,15H,8,10-11H2,1-3H3/t15-/m1/s1. The van der Waals surface area contributed by atoms with Gasteiger partial charge in [0, 0.05) is 6.54 Å². The normalized spacial score (nSPS) is 11.7. The first kappa shape index (κ1) is 18.6. The fourth-order valence-corrected chi connectivity index (χ4v) is 2.26. The molecule has 1 rings (SSSR count). The summed E-state index contributed by atoms with van der Waals surface area (Å²) in [7, 11) is 1.26. The molecule has 1 aromatic rings. The van der Waals surface area contributed by atoms with E-state index in [0.717, 1.165) is 0 Å². The molecule has 23 heavy (non-hydrogen) atoms. The van der Waals surface area contributed by atoms with Gasteiger partial charge in [-0.05, 0) is 30.0 Å². The van der Waals surface area contributed by atoms with Gasteiger partial charge in [-0.1, -0.05) is 26.0 Å². The van der Waals surface area contributed by atoms with Crippen LogP contribution in [0.5, 0.6) is 0 Å². The van der Waals surface area contributed by atoms with Gasteiger partial charge in [-0.25, -0.2) is 9.18 Å². The largest absolute Gasteiger partial charge is 0.467 e. The molecule has 0 aliphatic heterocycles. The van der Waals surface area contributed by atoms with Gasteiger partial charge in [-0.3, -0.25) is 4.79 Å². The molecule has 0 saturated heterocycles. The topological polar surface area (TPSA) is 70.4 Å². The van der Waals surface area contributed by atoms with Crippen molar-refractivity contribution in [1.82, 2.24) is 4.90 Å². The molecule has 1 aromatic carbocycles. The Labute approximate surface area is 135 Å². The number of hydrogen-bond donors (Lipinski definition) is 0. The molecule has 0 heterocycles. The van der Waals surface area contributed by atoms with E-state index in [4.69, 9.17) is 10.00 Å². The highest BCUT2D eigenvalue weighted by atomic mass is 19.1. The molecule has 0 N–H and O–H groups in total. The van der Waals surface area contributed by atoms with Gasteiger partial charge in [0.15, 0.2) is 0 Å². The van der Waals surface area contributed by atoms with Gasteiger partial charge in [-0.15, -0.1) is 0 Å². The third kappa shape index (κ3) is 5.70. The van der Waals surface area contributed by atoms with Crippen LogP contribution >= 0.6 is 0 Å². The lowest BCUT2D eigenvalue weighted by Crippen LogP contribution is -2.45. The number of ether oxygens (including phenoxy) is 1. The Kier molecular flexibility index (Phi) is 7.20. The first-order chi connectivity index (χ1) is 10.9. The van der Waals surface area contributed by atoms with E-state index in [1.165, 1.54) is 24.1 Å². The predicted octanol–water partition coefficient (Wildman–Crippen LogP) is 2.66. The first-order valence-electron chi connectivity index (χ1n) is 7.37. The minimum atomic E-state index is -0.772. The van der Waals surface area contributed by atoms with Crippen LogP contribution in [0.25, 0.3) is 0 Å². The highest BCUT2D eigenvalue weighted by molar-refractivity contribution is 5.85. The highest BCUT2D eigenvalue weighted by Gasteiger charge is 2.31. The molecule has 124 valence electrons. The van der Waals surface area contributed by atoms with Crippen molar-refractivity contribution in [3.8, 4) is 6.07 Å². The zero-order chi connectivity index (χ0) is 17.4. The van der Waals surface area contributed by atoms with Crippen LogP contribution in [0, 0.1) is 23.1 Å². The number of nitrogens with zero attached hydrogens (tertiary/aromatic N) is 2. The molecule has 5 nitrogen and oxygen atoms in total. The second kappa shape index (κ2) is 8.89. The van der Waals surface area contributed by atoms with Gasteiger partial charge in [-0.2, -0.15) is 5.26 Å². The fourth-order valence-electron chi connectivity index (χ4n) is 2.26. The maximum atomic E-state index is 13.0. The lowest BCUT2D eigenvalue weighted by molar-refractivity contribution is -0.153. The Morgan fingerprint density at radius 2 is 1.91 bits per heavy atom. The summed E-state index contributed by atoms with van der Waals surface area (Å²) in [6, 6.07) is 6.71. The maximum absolute atomic E-state index is 13.0. The molecule has 0 radical (unpaired) electrons. The number of esters is 1. The van der Waals surface area contributed by atoms with Crippen LogP contribution in [-0.2, 0) is 20.9 Å². The molecule has 6 heteroatoms. The number of carbonyl (C=O) groups excluding carboxylic acids is 2. The summed E-state index contributed by atoms with van der Waals surface area (Å²) in [5.41, 5.74) is 0.676. The molecule has 0 saturated carbocycles. The van der Waals surface area contributed by atoms with Gasteiger partial charge >= 0.3 is 5.97 Å². The number of benzene rings is 1. The van der Waals surface area contributed by atoms with Crippen molar-refractivity contribution in [2.75, 3.05) is 7.11 Å². The number of nitriles is 1. The second-order valence-electron chi connectivity index (χ2n) is 5.65. The number of rotatable bonds is 7. The lowest BCUT2D eigenvalue weighted by Gasteiger charge is -2.30. The molecule has 0 unspecified atom stereocenters. The Hall–Kier alpha value is -2.42. The Morgan fingerprint density at radius 1 is 1.30 bits per heavy atom. The molecule has 0 fully saturated rings. The van der Waals surface area contributed by atoms with Gasteiger partial charge in [0.1, 0.15) is 18.3 Å². The summed E-state index contributed by atoms with van der Waals surface area (Å²) in [4.78, 5) is 25.7. The number of carbonyl (C=O) groups is 2. The Morgan fingerprint density at radius 3 is 2.39 bits per heavy atom. The number of amides is 1. The minimum Gasteiger partial charge on any atom is -0.467 e. The Bertz CT molecular complexity index is 578. The second-order valence-corrected chi connectivity index (χ2v) is 5.65. The average molecular weight is 320 g/mol. The van der Waals surface area contributed by atoms with Crippen LogP contribution in [-0.4, -0.2) is 29.9 Å². The highest BCUT2D eigenvalue weighted by Crippen LogP contribution is 2.18. The SMILES string of the molecule is COC(=O)[C@@H](CC(C)C)N(Cc1ccc(F)cc1)C(=O)CC#N. The Balaban J connectivity index is 3.09. The number of methoxy groups -OCH3 is 1. The molecular weight excluding hydrogens is 299 g/mol. The van der Waals surface area contributed by atoms with Crippen LogP contribution in [0.4, 0.5) is 4.39 Å². The molecule has 1 amide bonds. The molecule has 0 aliphatic carbocycles. The predicted molar refractivity (Wildman–Crippen MR) is 82.4 cm³/mol. The van der Waals surface area contributed by atoms with Gasteiger partial charge < -0.3 is 9.64 Å².